The number of amides is 8. The summed E-state index contributed by atoms with van der Waals surface area (Å²) in [6.45, 7) is 15.7. The van der Waals surface area contributed by atoms with E-state index in [2.05, 4.69) is 78.7 Å². The number of hydrogen-bond donors (Lipinski definition) is 4. The Morgan fingerprint density at radius 3 is 1.45 bits per heavy atom. The standard InChI is InChI=1S/C80H104N11O20.Al/c1-54(2)76(86-73(93)19-28-102-30-32-104-34-36-106-38-40-108-42-43-109-41-39-107-37-35-105-33-31-103-29-20-81-72(92)18-21-89-74(94)16-17-75(89)95)78(97)84-55(3)77(96)85-60-12-8-56(9-13-60)58-44-62-50-82-66-48-70(68(100-5)46-64(66)79(98)90(62)52-58)110-26-7-27-111-71-49-67-65(47-69(71)101-6)80(99)91-53-59(45-63(91)51-83-67)57-10-14-61(15-11-57)88-24-22-87(4)23-25-88;/h8-16,46-55,62-63,76H,7,17-45H2,1-6H3,(H,81,92)(H,84,97)(H,85,96)(H,86,93);/t55-,62-,63-,76-;/m0./s1. The van der Waals surface area contributed by atoms with E-state index in [-0.39, 0.29) is 106 Å². The monoisotopic (exact) mass is 1570 g/mol. The van der Waals surface area contributed by atoms with Gasteiger partial charge in [0.25, 0.3) is 11.8 Å². The third-order valence-electron chi connectivity index (χ3n) is 19.4. The van der Waals surface area contributed by atoms with Crippen LogP contribution in [-0.4, -0.2) is 299 Å². The summed E-state index contributed by atoms with van der Waals surface area (Å²) in [7, 11) is 5.20. The minimum absolute atomic E-state index is 0.0124. The second-order valence-corrected chi connectivity index (χ2v) is 28.6. The van der Waals surface area contributed by atoms with Crippen LogP contribution in [0.15, 0.2) is 95.2 Å². The molecule has 8 amide bonds. The number of aliphatic imine (C=N–C) groups is 2. The second kappa shape index (κ2) is 43.8. The molecule has 0 spiro atoms. The number of imide groups is 1. The molecule has 4 aromatic rings. The summed E-state index contributed by atoms with van der Waals surface area (Å²) in [4.78, 5) is 123. The van der Waals surface area contributed by atoms with Crippen molar-refractivity contribution in [1.82, 2.24) is 35.6 Å². The van der Waals surface area contributed by atoms with E-state index in [4.69, 9.17) is 66.8 Å². The van der Waals surface area contributed by atoms with E-state index in [1.807, 2.05) is 30.7 Å². The fourth-order valence-corrected chi connectivity index (χ4v) is 13.4. The number of fused-ring (bicyclic) bond motifs is 4. The quantitative estimate of drug-likeness (QED) is 0.0238. The van der Waals surface area contributed by atoms with Gasteiger partial charge in [-0.25, -0.2) is 0 Å². The number of carbonyl (C=O) groups is 8. The molecule has 602 valence electrons. The lowest BCUT2D eigenvalue weighted by Gasteiger charge is -2.34. The average molecular weight is 1570 g/mol. The van der Waals surface area contributed by atoms with E-state index in [1.54, 1.807) is 73.2 Å². The molecule has 112 heavy (non-hydrogen) atoms. The Morgan fingerprint density at radius 1 is 0.527 bits per heavy atom. The van der Waals surface area contributed by atoms with Gasteiger partial charge in [-0.15, -0.1) is 0 Å². The lowest BCUT2D eigenvalue weighted by atomic mass is 10.0. The molecule has 6 heterocycles. The third-order valence-corrected chi connectivity index (χ3v) is 19.9. The number of likely N-dealkylation sites (tertiary alicyclic amines) is 1. The highest BCUT2D eigenvalue weighted by molar-refractivity contribution is 6.29. The van der Waals surface area contributed by atoms with Crippen LogP contribution in [0, 0.1) is 5.92 Å². The van der Waals surface area contributed by atoms with Crippen molar-refractivity contribution < 1.29 is 95.2 Å². The number of carbonyl (C=O) groups excluding carboxylic acids is 8. The van der Waals surface area contributed by atoms with Crippen molar-refractivity contribution in [1.29, 1.82) is 0 Å². The third kappa shape index (κ3) is 24.7. The van der Waals surface area contributed by atoms with Crippen LogP contribution in [0.1, 0.15) is 91.1 Å². The molecule has 31 nitrogen and oxygen atoms in total. The van der Waals surface area contributed by atoms with Gasteiger partial charge in [0.15, 0.2) is 23.0 Å². The van der Waals surface area contributed by atoms with Gasteiger partial charge in [-0.1, -0.05) is 38.1 Å². The van der Waals surface area contributed by atoms with Gasteiger partial charge >= 0.3 is 0 Å². The van der Waals surface area contributed by atoms with Crippen molar-refractivity contribution in [3.05, 3.63) is 107 Å². The first kappa shape index (κ1) is 85.3. The normalized spacial score (nSPS) is 17.8. The summed E-state index contributed by atoms with van der Waals surface area (Å²) in [5.41, 5.74) is 7.28. The van der Waals surface area contributed by atoms with E-state index >= 15 is 0 Å². The molecule has 0 bridgehead atoms. The van der Waals surface area contributed by atoms with Crippen molar-refractivity contribution in [3.63, 3.8) is 0 Å². The number of nitrogens with one attached hydrogen (secondary N) is 4. The summed E-state index contributed by atoms with van der Waals surface area (Å²) < 4.78 is 67.7. The molecule has 2 radical (unpaired) electrons. The number of hydrogen-bond acceptors (Lipinski definition) is 24. The van der Waals surface area contributed by atoms with Crippen LogP contribution in [0.4, 0.5) is 22.7 Å². The molecular weight excluding hydrogens is 1460 g/mol. The van der Waals surface area contributed by atoms with Crippen LogP contribution in [0.2, 0.25) is 4.78 Å². The Balaban J connectivity index is 0.540. The molecule has 4 N–H and O–H groups in total. The van der Waals surface area contributed by atoms with E-state index in [1.165, 1.54) is 19.9 Å². The molecule has 1 unspecified atom stereocenters. The van der Waals surface area contributed by atoms with Crippen molar-refractivity contribution in [2.24, 2.45) is 15.9 Å². The lowest BCUT2D eigenvalue weighted by molar-refractivity contribution is -0.138. The molecule has 2 fully saturated rings. The van der Waals surface area contributed by atoms with E-state index in [0.717, 1.165) is 53.4 Å². The second-order valence-electron chi connectivity index (χ2n) is 27.8. The first-order valence-electron chi connectivity index (χ1n) is 38.2. The van der Waals surface area contributed by atoms with Crippen molar-refractivity contribution >= 4 is 110 Å². The van der Waals surface area contributed by atoms with Gasteiger partial charge in [-0.05, 0) is 83.3 Å². The fraction of sp³-hybridized carbons (Fsp3) is 0.525. The number of methoxy groups -OCH3 is 2. The molecule has 6 aliphatic heterocycles. The molecule has 6 aliphatic rings. The van der Waals surface area contributed by atoms with Crippen LogP contribution in [0.3, 0.4) is 0 Å². The van der Waals surface area contributed by atoms with E-state index < -0.39 is 28.7 Å². The Kier molecular flexibility index (Phi) is 33.3. The number of anilines is 2. The van der Waals surface area contributed by atoms with Gasteiger partial charge < -0.3 is 97.7 Å². The number of likely N-dealkylation sites (N-methyl/N-ethyl adjacent to an activating group) is 1. The maximum Gasteiger partial charge on any atom is 0.260 e. The summed E-state index contributed by atoms with van der Waals surface area (Å²) in [6.07, 6.45) is 9.15. The predicted molar refractivity (Wildman–Crippen MR) is 418 cm³/mol. The van der Waals surface area contributed by atoms with Crippen molar-refractivity contribution in [2.75, 3.05) is 190 Å². The van der Waals surface area contributed by atoms with Gasteiger partial charge in [-0.3, -0.25) is 53.2 Å². The summed E-state index contributed by atoms with van der Waals surface area (Å²) in [5.74, 6) is -1.21. The van der Waals surface area contributed by atoms with Crippen LogP contribution in [0.25, 0.3) is 11.1 Å². The van der Waals surface area contributed by atoms with Crippen LogP contribution >= 0.6 is 0 Å². The SMILES string of the molecule is COc1cc2c(cc1OCCCOc1cc3c(cc1OC)C(=O)N1C=C(c4ccc(N5CCN(C)CC5)cc4)C[C@H]1C=N3)N=C[C@@H]1CC(c3ccc(NC(=O)[C@H](C)NC(=O)[C@@H](NC(=O)CCOCCOCCOCCOCCOCCOCCOCCOCCNC(=O)CCN4C(=O)C[CH]([Al])C4=O)C(C)C)cc3)=CN1C2=O. The highest BCUT2D eigenvalue weighted by atomic mass is 27.0. The van der Waals surface area contributed by atoms with Crippen LogP contribution in [-0.2, 0) is 66.7 Å². The Bertz CT molecular complexity index is 3980. The molecule has 5 atom stereocenters. The lowest BCUT2D eigenvalue weighted by Crippen LogP contribution is -2.53. The highest BCUT2D eigenvalue weighted by Crippen LogP contribution is 2.42. The Morgan fingerprint density at radius 2 is 0.991 bits per heavy atom. The van der Waals surface area contributed by atoms with Crippen LogP contribution in [0.5, 0.6) is 23.0 Å². The van der Waals surface area contributed by atoms with Gasteiger partial charge in [0.1, 0.15) is 28.4 Å². The molecule has 10 rings (SSSR count). The number of piperazine rings is 1. The number of rotatable bonds is 47. The zero-order valence-corrected chi connectivity index (χ0v) is 65.9. The first-order valence-corrected chi connectivity index (χ1v) is 38.9. The van der Waals surface area contributed by atoms with Gasteiger partial charge in [0, 0.05) is 126 Å². The van der Waals surface area contributed by atoms with Gasteiger partial charge in [0.2, 0.25) is 35.4 Å². The fourth-order valence-electron chi connectivity index (χ4n) is 13.0. The summed E-state index contributed by atoms with van der Waals surface area (Å²) >= 11 is 2.35. The van der Waals surface area contributed by atoms with E-state index in [9.17, 15) is 38.4 Å². The smallest absolute Gasteiger partial charge is 0.260 e. The van der Waals surface area contributed by atoms with Crippen LogP contribution < -0.4 is 45.1 Å². The zero-order valence-electron chi connectivity index (χ0n) is 64.8. The maximum atomic E-state index is 14.2. The highest BCUT2D eigenvalue weighted by Gasteiger charge is 2.37. The number of benzene rings is 4. The largest absolute Gasteiger partial charge is 0.493 e. The van der Waals surface area contributed by atoms with Crippen molar-refractivity contribution in [3.8, 4) is 23.0 Å². The Labute approximate surface area is 661 Å². The van der Waals surface area contributed by atoms with Gasteiger partial charge in [0.05, 0.1) is 168 Å². The zero-order chi connectivity index (χ0) is 79.3. The molecule has 4 aromatic carbocycles. The molecule has 2 saturated heterocycles. The minimum atomic E-state index is -0.943. The number of nitrogens with zero attached hydrogens (tertiary/aromatic N) is 7. The van der Waals surface area contributed by atoms with Gasteiger partial charge in [-0.2, -0.15) is 0 Å². The molecule has 0 aromatic heterocycles. The molecule has 0 saturated carbocycles. The first-order chi connectivity index (χ1) is 54.3. The summed E-state index contributed by atoms with van der Waals surface area (Å²) in [5, 5.41) is 11.1. The molecular formula is C80H104AlN11O20. The predicted octanol–water partition coefficient (Wildman–Crippen LogP) is 5.58. The maximum absolute atomic E-state index is 14.2. The minimum Gasteiger partial charge on any atom is -0.493 e. The topological polar surface area (TPSA) is 336 Å². The number of ether oxygens (including phenoxy) is 12. The molecule has 32 heteroatoms. The Hall–Kier alpha value is -9.17. The average Bonchev–Trinajstić information content (AvgIpc) is 1.62. The summed E-state index contributed by atoms with van der Waals surface area (Å²) in [6, 6.07) is 20.1. The van der Waals surface area contributed by atoms with E-state index in [0.29, 0.717) is 169 Å². The molecule has 0 aliphatic carbocycles. The van der Waals surface area contributed by atoms with Crippen molar-refractivity contribution in [2.45, 2.75) is 88.2 Å².